The van der Waals surface area contributed by atoms with Gasteiger partial charge in [-0.15, -0.1) is 0 Å². The number of para-hydroxylation sites is 1. The smallest absolute Gasteiger partial charge is 0.282 e. The van der Waals surface area contributed by atoms with Crippen molar-refractivity contribution in [2.75, 3.05) is 13.2 Å². The van der Waals surface area contributed by atoms with Crippen LogP contribution in [0.3, 0.4) is 0 Å². The molecule has 0 radical (unpaired) electrons. The standard InChI is InChI=1S/C26H22IN3O3/c1-3-14-33-24-21(27)15-18(16-23(24)32-4-2)17-28-30-25(19-10-6-5-7-11-19)29-22-13-9-8-12-20(22)26(30)31/h3,5-13,15-17H,1,4,14H2,2H3. The highest BCUT2D eigenvalue weighted by Crippen LogP contribution is 2.34. The van der Waals surface area contributed by atoms with Crippen LogP contribution >= 0.6 is 22.6 Å². The lowest BCUT2D eigenvalue weighted by Gasteiger charge is -2.14. The maximum absolute atomic E-state index is 13.3. The summed E-state index contributed by atoms with van der Waals surface area (Å²) in [5.74, 6) is 1.74. The fourth-order valence-electron chi connectivity index (χ4n) is 3.34. The summed E-state index contributed by atoms with van der Waals surface area (Å²) in [6.45, 7) is 6.48. The van der Waals surface area contributed by atoms with Gasteiger partial charge < -0.3 is 9.47 Å². The first-order valence-corrected chi connectivity index (χ1v) is 11.5. The van der Waals surface area contributed by atoms with Gasteiger partial charge in [-0.25, -0.2) is 4.98 Å². The number of fused-ring (bicyclic) bond motifs is 1. The zero-order chi connectivity index (χ0) is 23.2. The van der Waals surface area contributed by atoms with E-state index in [1.807, 2.05) is 67.6 Å². The Morgan fingerprint density at radius 2 is 1.85 bits per heavy atom. The quantitative estimate of drug-likeness (QED) is 0.165. The van der Waals surface area contributed by atoms with Gasteiger partial charge in [0, 0.05) is 5.56 Å². The van der Waals surface area contributed by atoms with E-state index in [4.69, 9.17) is 14.5 Å². The van der Waals surface area contributed by atoms with Gasteiger partial charge >= 0.3 is 0 Å². The van der Waals surface area contributed by atoms with Gasteiger partial charge in [0.1, 0.15) is 6.61 Å². The Morgan fingerprint density at radius 1 is 1.09 bits per heavy atom. The maximum Gasteiger partial charge on any atom is 0.282 e. The molecule has 1 aromatic heterocycles. The van der Waals surface area contributed by atoms with Crippen molar-refractivity contribution in [2.45, 2.75) is 6.92 Å². The fraction of sp³-hybridized carbons (Fsp3) is 0.115. The highest BCUT2D eigenvalue weighted by Gasteiger charge is 2.14. The van der Waals surface area contributed by atoms with Crippen LogP contribution in [0.5, 0.6) is 11.5 Å². The highest BCUT2D eigenvalue weighted by molar-refractivity contribution is 14.1. The van der Waals surface area contributed by atoms with Crippen LogP contribution < -0.4 is 15.0 Å². The summed E-state index contributed by atoms with van der Waals surface area (Å²) in [4.78, 5) is 18.0. The van der Waals surface area contributed by atoms with E-state index < -0.39 is 0 Å². The van der Waals surface area contributed by atoms with Crippen molar-refractivity contribution in [1.29, 1.82) is 0 Å². The summed E-state index contributed by atoms with van der Waals surface area (Å²) < 4.78 is 13.8. The third kappa shape index (κ3) is 4.98. The number of benzene rings is 3. The Morgan fingerprint density at radius 3 is 2.61 bits per heavy atom. The molecule has 0 N–H and O–H groups in total. The minimum atomic E-state index is -0.235. The maximum atomic E-state index is 13.3. The Labute approximate surface area is 205 Å². The van der Waals surface area contributed by atoms with E-state index in [0.29, 0.717) is 41.4 Å². The van der Waals surface area contributed by atoms with Gasteiger partial charge in [-0.05, 0) is 59.3 Å². The van der Waals surface area contributed by atoms with Crippen LogP contribution in [-0.4, -0.2) is 29.1 Å². The summed E-state index contributed by atoms with van der Waals surface area (Å²) in [5, 5.41) is 5.04. The van der Waals surface area contributed by atoms with Gasteiger partial charge in [0.2, 0.25) is 0 Å². The summed E-state index contributed by atoms with van der Waals surface area (Å²) in [7, 11) is 0. The van der Waals surface area contributed by atoms with Crippen molar-refractivity contribution in [3.63, 3.8) is 0 Å². The number of hydrogen-bond donors (Lipinski definition) is 0. The summed E-state index contributed by atoms with van der Waals surface area (Å²) in [5.41, 5.74) is 1.97. The van der Waals surface area contributed by atoms with E-state index >= 15 is 0 Å². The molecule has 0 spiro atoms. The number of ether oxygens (including phenoxy) is 2. The molecule has 1 heterocycles. The van der Waals surface area contributed by atoms with E-state index in [9.17, 15) is 4.79 Å². The first-order chi connectivity index (χ1) is 16.1. The zero-order valence-corrected chi connectivity index (χ0v) is 20.2. The SMILES string of the molecule is C=CCOc1c(I)cc(C=Nn2c(-c3ccccc3)nc3ccccc3c2=O)cc1OCC. The molecule has 4 rings (SSSR count). The van der Waals surface area contributed by atoms with Crippen molar-refractivity contribution < 1.29 is 9.47 Å². The van der Waals surface area contributed by atoms with Gasteiger partial charge in [-0.1, -0.05) is 55.1 Å². The van der Waals surface area contributed by atoms with Gasteiger partial charge in [-0.2, -0.15) is 9.78 Å². The summed E-state index contributed by atoms with van der Waals surface area (Å²) in [6.07, 6.45) is 3.32. The molecule has 0 fully saturated rings. The van der Waals surface area contributed by atoms with E-state index in [1.54, 1.807) is 18.4 Å². The van der Waals surface area contributed by atoms with Crippen LogP contribution in [0.25, 0.3) is 22.3 Å². The monoisotopic (exact) mass is 551 g/mol. The Balaban J connectivity index is 1.83. The van der Waals surface area contributed by atoms with Crippen LogP contribution in [0, 0.1) is 3.57 Å². The van der Waals surface area contributed by atoms with Crippen LogP contribution in [0.15, 0.2) is 89.3 Å². The molecule has 7 heteroatoms. The molecule has 6 nitrogen and oxygen atoms in total. The molecule has 33 heavy (non-hydrogen) atoms. The lowest BCUT2D eigenvalue weighted by atomic mass is 10.2. The highest BCUT2D eigenvalue weighted by atomic mass is 127. The molecule has 0 aliphatic heterocycles. The summed E-state index contributed by atoms with van der Waals surface area (Å²) >= 11 is 2.20. The van der Waals surface area contributed by atoms with Crippen LogP contribution in [-0.2, 0) is 0 Å². The summed E-state index contributed by atoms with van der Waals surface area (Å²) in [6, 6.07) is 20.6. The molecule has 3 aromatic carbocycles. The molecule has 0 saturated heterocycles. The fourth-order valence-corrected chi connectivity index (χ4v) is 4.12. The number of hydrogen-bond acceptors (Lipinski definition) is 5. The van der Waals surface area contributed by atoms with Crippen molar-refractivity contribution in [1.82, 2.24) is 9.66 Å². The minimum absolute atomic E-state index is 0.235. The molecule has 0 bridgehead atoms. The Hall–Kier alpha value is -3.46. The zero-order valence-electron chi connectivity index (χ0n) is 18.1. The molecule has 0 saturated carbocycles. The predicted molar refractivity (Wildman–Crippen MR) is 140 cm³/mol. The van der Waals surface area contributed by atoms with Crippen LogP contribution in [0.2, 0.25) is 0 Å². The van der Waals surface area contributed by atoms with E-state index in [0.717, 1.165) is 14.7 Å². The van der Waals surface area contributed by atoms with Crippen molar-refractivity contribution in [3.8, 4) is 22.9 Å². The first-order valence-electron chi connectivity index (χ1n) is 10.4. The van der Waals surface area contributed by atoms with Gasteiger partial charge in [-0.3, -0.25) is 4.79 Å². The minimum Gasteiger partial charge on any atom is -0.490 e. The molecule has 0 aliphatic rings. The molecule has 0 atom stereocenters. The average Bonchev–Trinajstić information content (AvgIpc) is 2.83. The Kier molecular flexibility index (Phi) is 7.19. The second kappa shape index (κ2) is 10.4. The number of halogens is 1. The number of nitrogens with zero attached hydrogens (tertiary/aromatic N) is 3. The van der Waals surface area contributed by atoms with Crippen molar-refractivity contribution >= 4 is 39.7 Å². The predicted octanol–water partition coefficient (Wildman–Crippen LogP) is 5.51. The van der Waals surface area contributed by atoms with Crippen molar-refractivity contribution in [2.24, 2.45) is 5.10 Å². The molecular weight excluding hydrogens is 529 g/mol. The van der Waals surface area contributed by atoms with Crippen molar-refractivity contribution in [3.05, 3.63) is 98.9 Å². The van der Waals surface area contributed by atoms with Gasteiger partial charge in [0.15, 0.2) is 17.3 Å². The molecule has 0 unspecified atom stereocenters. The first kappa shape index (κ1) is 22.7. The molecule has 4 aromatic rings. The van der Waals surface area contributed by atoms with Gasteiger partial charge in [0.25, 0.3) is 5.56 Å². The average molecular weight is 551 g/mol. The van der Waals surface area contributed by atoms with E-state index in [-0.39, 0.29) is 5.56 Å². The van der Waals surface area contributed by atoms with E-state index in [1.165, 1.54) is 4.68 Å². The molecule has 166 valence electrons. The lowest BCUT2D eigenvalue weighted by Crippen LogP contribution is -2.20. The Bertz CT molecular complexity index is 1380. The van der Waals surface area contributed by atoms with Crippen LogP contribution in [0.4, 0.5) is 0 Å². The second-order valence-corrected chi connectivity index (χ2v) is 8.20. The third-order valence-corrected chi connectivity index (χ3v) is 5.59. The second-order valence-electron chi connectivity index (χ2n) is 7.04. The molecular formula is C26H22IN3O3. The largest absolute Gasteiger partial charge is 0.490 e. The molecule has 0 amide bonds. The van der Waals surface area contributed by atoms with E-state index in [2.05, 4.69) is 34.3 Å². The third-order valence-electron chi connectivity index (χ3n) is 4.79. The topological polar surface area (TPSA) is 65.7 Å². The number of aromatic nitrogens is 2. The van der Waals surface area contributed by atoms with Crippen LogP contribution in [0.1, 0.15) is 12.5 Å². The normalized spacial score (nSPS) is 11.1. The number of rotatable bonds is 8. The lowest BCUT2D eigenvalue weighted by molar-refractivity contribution is 0.295. The molecule has 0 aliphatic carbocycles. The van der Waals surface area contributed by atoms with Gasteiger partial charge in [0.05, 0.1) is 27.3 Å².